The van der Waals surface area contributed by atoms with E-state index >= 15 is 0 Å². The van der Waals surface area contributed by atoms with Gasteiger partial charge in [0.25, 0.3) is 0 Å². The van der Waals surface area contributed by atoms with Crippen molar-refractivity contribution < 1.29 is 18.8 Å². The van der Waals surface area contributed by atoms with Gasteiger partial charge in [0.05, 0.1) is 24.9 Å². The minimum atomic E-state index is -1.10. The summed E-state index contributed by atoms with van der Waals surface area (Å²) in [6, 6.07) is 11.4. The number of benzene rings is 2. The van der Waals surface area contributed by atoms with Crippen molar-refractivity contribution in [3.8, 4) is 17.2 Å². The van der Waals surface area contributed by atoms with E-state index in [0.29, 0.717) is 17.3 Å². The lowest BCUT2D eigenvalue weighted by molar-refractivity contribution is 0.353. The summed E-state index contributed by atoms with van der Waals surface area (Å²) in [5, 5.41) is 1.70. The second-order valence-corrected chi connectivity index (χ2v) is 7.40. The Bertz CT molecular complexity index is 701. The van der Waals surface area contributed by atoms with Gasteiger partial charge in [0.2, 0.25) is 0 Å². The molecule has 4 nitrogen and oxygen atoms in total. The van der Waals surface area contributed by atoms with Gasteiger partial charge in [-0.25, -0.2) is 0 Å². The van der Waals surface area contributed by atoms with Gasteiger partial charge in [-0.3, -0.25) is 0 Å². The van der Waals surface area contributed by atoms with Gasteiger partial charge in [-0.15, -0.1) is 0 Å². The lowest BCUT2D eigenvalue weighted by Crippen LogP contribution is -2.00. The first-order valence-corrected chi connectivity index (χ1v) is 9.63. The van der Waals surface area contributed by atoms with Crippen molar-refractivity contribution in [1.82, 2.24) is 0 Å². The highest BCUT2D eigenvalue weighted by molar-refractivity contribution is 14.1. The van der Waals surface area contributed by atoms with Gasteiger partial charge < -0.3 is 18.8 Å². The maximum absolute atomic E-state index is 12.2. The van der Waals surface area contributed by atoms with Crippen molar-refractivity contribution >= 4 is 39.8 Å². The van der Waals surface area contributed by atoms with E-state index in [1.807, 2.05) is 42.5 Å². The van der Waals surface area contributed by atoms with Gasteiger partial charge in [0.1, 0.15) is 16.9 Å². The van der Waals surface area contributed by atoms with E-state index in [4.69, 9.17) is 14.2 Å². The van der Waals surface area contributed by atoms with Crippen molar-refractivity contribution in [3.63, 3.8) is 0 Å². The molecule has 1 atom stereocenters. The molecule has 0 N–H and O–H groups in total. The molecule has 0 saturated carbocycles. The Labute approximate surface area is 159 Å². The van der Waals surface area contributed by atoms with Crippen LogP contribution in [0.5, 0.6) is 17.2 Å². The lowest BCUT2D eigenvalue weighted by atomic mass is 10.2. The number of hydrogen-bond donors (Lipinski definition) is 0. The second-order valence-electron chi connectivity index (χ2n) is 4.91. The molecule has 2 aromatic carbocycles. The summed E-state index contributed by atoms with van der Waals surface area (Å²) in [5.74, 6) is 2.62. The molecule has 1 unspecified atom stereocenters. The smallest absolute Gasteiger partial charge is 0.174 e. The van der Waals surface area contributed by atoms with Gasteiger partial charge >= 0.3 is 0 Å². The van der Waals surface area contributed by atoms with E-state index in [1.54, 1.807) is 26.7 Å². The molecule has 0 heterocycles. The minimum Gasteiger partial charge on any atom is -0.612 e. The molecule has 0 fully saturated rings. The van der Waals surface area contributed by atoms with Crippen LogP contribution in [-0.4, -0.2) is 25.9 Å². The van der Waals surface area contributed by atoms with Crippen molar-refractivity contribution in [1.29, 1.82) is 0 Å². The molecule has 0 aromatic heterocycles. The van der Waals surface area contributed by atoms with E-state index in [-0.39, 0.29) is 0 Å². The third-order valence-corrected chi connectivity index (χ3v) is 5.19. The molecule has 0 bridgehead atoms. The normalized spacial score (nSPS) is 12.2. The van der Waals surface area contributed by atoms with E-state index in [9.17, 15) is 4.55 Å². The largest absolute Gasteiger partial charge is 0.612 e. The van der Waals surface area contributed by atoms with Crippen LogP contribution in [0.3, 0.4) is 0 Å². The molecule has 0 saturated heterocycles. The topological polar surface area (TPSA) is 50.8 Å². The molecular formula is C18H19IO4S. The van der Waals surface area contributed by atoms with Crippen LogP contribution in [0.25, 0.3) is 6.08 Å². The van der Waals surface area contributed by atoms with Gasteiger partial charge in [-0.05, 0) is 69.7 Å². The Hall–Kier alpha value is -1.38. The molecular weight excluding hydrogens is 439 g/mol. The average Bonchev–Trinajstić information content (AvgIpc) is 2.60. The SMILES string of the molecule is COc1ccc(C[S+]([O-])C=Cc2cc(I)c(OC)c(OC)c2)cc1. The fourth-order valence-corrected chi connectivity index (χ4v) is 3.89. The van der Waals surface area contributed by atoms with Crippen molar-refractivity contribution in [2.24, 2.45) is 0 Å². The summed E-state index contributed by atoms with van der Waals surface area (Å²) in [7, 11) is 4.84. The first kappa shape index (κ1) is 19.0. The summed E-state index contributed by atoms with van der Waals surface area (Å²) in [5.41, 5.74) is 1.92. The van der Waals surface area contributed by atoms with Crippen LogP contribution in [0, 0.1) is 3.57 Å². The van der Waals surface area contributed by atoms with E-state index in [0.717, 1.165) is 20.4 Å². The van der Waals surface area contributed by atoms with Gasteiger partial charge in [-0.1, -0.05) is 12.1 Å². The molecule has 6 heteroatoms. The summed E-state index contributed by atoms with van der Waals surface area (Å²) < 4.78 is 28.9. The molecule has 24 heavy (non-hydrogen) atoms. The van der Waals surface area contributed by atoms with Crippen LogP contribution < -0.4 is 14.2 Å². The summed E-state index contributed by atoms with van der Waals surface area (Å²) in [6.07, 6.45) is 1.84. The maximum Gasteiger partial charge on any atom is 0.174 e. The van der Waals surface area contributed by atoms with Crippen LogP contribution in [0.2, 0.25) is 0 Å². The average molecular weight is 458 g/mol. The molecule has 0 spiro atoms. The lowest BCUT2D eigenvalue weighted by Gasteiger charge is -2.10. The maximum atomic E-state index is 12.2. The molecule has 2 rings (SSSR count). The van der Waals surface area contributed by atoms with Gasteiger partial charge in [0.15, 0.2) is 11.5 Å². The molecule has 0 aliphatic carbocycles. The quantitative estimate of drug-likeness (QED) is 0.460. The Kier molecular flexibility index (Phi) is 7.26. The highest BCUT2D eigenvalue weighted by Crippen LogP contribution is 2.34. The van der Waals surface area contributed by atoms with Crippen LogP contribution in [0.1, 0.15) is 11.1 Å². The minimum absolute atomic E-state index is 0.463. The monoisotopic (exact) mass is 458 g/mol. The highest BCUT2D eigenvalue weighted by atomic mass is 127. The highest BCUT2D eigenvalue weighted by Gasteiger charge is 2.10. The van der Waals surface area contributed by atoms with Crippen LogP contribution in [-0.2, 0) is 16.9 Å². The summed E-state index contributed by atoms with van der Waals surface area (Å²) >= 11 is 1.09. The zero-order valence-electron chi connectivity index (χ0n) is 13.7. The summed E-state index contributed by atoms with van der Waals surface area (Å²) in [6.45, 7) is 0. The van der Waals surface area contributed by atoms with Crippen molar-refractivity contribution in [2.75, 3.05) is 21.3 Å². The van der Waals surface area contributed by atoms with Crippen LogP contribution in [0.4, 0.5) is 0 Å². The zero-order valence-corrected chi connectivity index (χ0v) is 16.7. The molecule has 128 valence electrons. The molecule has 0 aliphatic heterocycles. The number of methoxy groups -OCH3 is 3. The van der Waals surface area contributed by atoms with Crippen molar-refractivity contribution in [3.05, 3.63) is 56.5 Å². The molecule has 2 aromatic rings. The fourth-order valence-electron chi connectivity index (χ4n) is 2.12. The number of ether oxygens (including phenoxy) is 3. The number of rotatable bonds is 7. The molecule has 0 radical (unpaired) electrons. The van der Waals surface area contributed by atoms with E-state index in [2.05, 4.69) is 22.6 Å². The van der Waals surface area contributed by atoms with Crippen LogP contribution >= 0.6 is 22.6 Å². The third kappa shape index (κ3) is 5.06. The van der Waals surface area contributed by atoms with Crippen molar-refractivity contribution in [2.45, 2.75) is 5.75 Å². The Morgan fingerprint density at radius 1 is 1.04 bits per heavy atom. The first-order chi connectivity index (χ1) is 11.6. The number of hydrogen-bond acceptors (Lipinski definition) is 4. The molecule has 0 amide bonds. The third-order valence-electron chi connectivity index (χ3n) is 3.34. The fraction of sp³-hybridized carbons (Fsp3) is 0.222. The Balaban J connectivity index is 2.07. The van der Waals surface area contributed by atoms with E-state index < -0.39 is 11.2 Å². The molecule has 0 aliphatic rings. The Morgan fingerprint density at radius 3 is 2.33 bits per heavy atom. The summed E-state index contributed by atoms with van der Waals surface area (Å²) in [4.78, 5) is 0. The standard InChI is InChI=1S/C18H19IO4S/c1-21-15-6-4-13(5-7-15)12-24(20)9-8-14-10-16(19)18(23-3)17(11-14)22-2/h4-11H,12H2,1-3H3. The van der Waals surface area contributed by atoms with Gasteiger partial charge in [0, 0.05) is 5.56 Å². The predicted octanol–water partition coefficient (Wildman–Crippen LogP) is 4.24. The van der Waals surface area contributed by atoms with Crippen LogP contribution in [0.15, 0.2) is 41.8 Å². The second kappa shape index (κ2) is 9.19. The Morgan fingerprint density at radius 2 is 1.75 bits per heavy atom. The number of halogens is 1. The van der Waals surface area contributed by atoms with E-state index in [1.165, 1.54) is 0 Å². The predicted molar refractivity (Wildman–Crippen MR) is 106 cm³/mol. The van der Waals surface area contributed by atoms with Gasteiger partial charge in [-0.2, -0.15) is 0 Å². The zero-order chi connectivity index (χ0) is 17.5. The first-order valence-electron chi connectivity index (χ1n) is 7.17.